The number of rotatable bonds is 9. The first-order valence-corrected chi connectivity index (χ1v) is 32.6. The Hall–Kier alpha value is -3.39. The van der Waals surface area contributed by atoms with Gasteiger partial charge in [0.25, 0.3) is 0 Å². The van der Waals surface area contributed by atoms with Crippen molar-refractivity contribution < 1.29 is 94.7 Å². The molecule has 6 rings (SSSR count). The van der Waals surface area contributed by atoms with Crippen molar-refractivity contribution in [2.75, 3.05) is 0 Å². The average Bonchev–Trinajstić information content (AvgIpc) is 3.18. The molecular weight excluding hydrogens is 1110 g/mol. The van der Waals surface area contributed by atoms with Gasteiger partial charge in [0.2, 0.25) is 0 Å². The second kappa shape index (κ2) is 20.6. The van der Waals surface area contributed by atoms with E-state index in [0.29, 0.717) is 0 Å². The van der Waals surface area contributed by atoms with E-state index in [0.717, 1.165) is 0 Å². The van der Waals surface area contributed by atoms with Crippen molar-refractivity contribution in [3.05, 3.63) is 160 Å². The van der Waals surface area contributed by atoms with E-state index in [1.165, 1.54) is 58.0 Å². The van der Waals surface area contributed by atoms with Gasteiger partial charge in [0.05, 0.1) is 16.1 Å². The van der Waals surface area contributed by atoms with E-state index in [1.54, 1.807) is 0 Å². The Morgan fingerprint density at radius 2 is 0.500 bits per heavy atom. The highest BCUT2D eigenvalue weighted by Gasteiger charge is 2.37. The number of benzene rings is 6. The zero-order chi connectivity index (χ0) is 46.3. The fraction of sp³-hybridized carbons (Fsp3) is 0.182. The summed E-state index contributed by atoms with van der Waals surface area (Å²) in [7, 11) is -14.7. The van der Waals surface area contributed by atoms with Crippen LogP contribution in [0.1, 0.15) is 0 Å². The third-order valence-electron chi connectivity index (χ3n) is 8.88. The highest BCUT2D eigenvalue weighted by atomic mass is 127. The zero-order valence-corrected chi connectivity index (χ0v) is 42.1. The Morgan fingerprint density at radius 3 is 0.629 bits per heavy atom. The van der Waals surface area contributed by atoms with Gasteiger partial charge in [-0.2, -0.15) is 26.3 Å². The number of alkyl halides is 6. The van der Waals surface area contributed by atoms with Crippen LogP contribution < -0.4 is 52.8 Å². The molecule has 0 atom stereocenters. The van der Waals surface area contributed by atoms with Crippen molar-refractivity contribution in [1.29, 1.82) is 0 Å². The van der Waals surface area contributed by atoms with Crippen LogP contribution in [0.5, 0.6) is 0 Å². The molecule has 0 amide bonds. The van der Waals surface area contributed by atoms with E-state index in [1.807, 2.05) is 0 Å². The molecule has 18 heteroatoms. The van der Waals surface area contributed by atoms with Gasteiger partial charge in [-0.15, -0.1) is 0 Å². The molecule has 0 saturated carbocycles. The van der Waals surface area contributed by atoms with Crippen LogP contribution in [0.2, 0.25) is 39.3 Å². The maximum atomic E-state index is 10.7. The lowest BCUT2D eigenvalue weighted by Crippen LogP contribution is -3.61. The summed E-state index contributed by atoms with van der Waals surface area (Å²) in [5, 5.41) is 3.03. The van der Waals surface area contributed by atoms with E-state index in [-0.39, 0.29) is 42.4 Å². The smallest absolute Gasteiger partial charge is 0.485 e. The topological polar surface area (TPSA) is 114 Å². The minimum atomic E-state index is -6.09. The first kappa shape index (κ1) is 51.3. The number of hydrogen-bond donors (Lipinski definition) is 0. The second-order valence-corrected chi connectivity index (χ2v) is 34.6. The van der Waals surface area contributed by atoms with Gasteiger partial charge in [0.15, 0.2) is 34.5 Å². The van der Waals surface area contributed by atoms with E-state index in [2.05, 4.69) is 185 Å². The lowest BCUT2D eigenvalue weighted by Gasteiger charge is -2.16. The van der Waals surface area contributed by atoms with Gasteiger partial charge < -0.3 is 9.11 Å². The minimum absolute atomic E-state index is 0.205. The van der Waals surface area contributed by atoms with Gasteiger partial charge in [0, 0.05) is 0 Å². The van der Waals surface area contributed by atoms with Crippen molar-refractivity contribution in [3.63, 3.8) is 0 Å². The number of hydrogen-bond acceptors (Lipinski definition) is 6. The average molecular weight is 1150 g/mol. The maximum absolute atomic E-state index is 10.7. The molecular formula is C44H42F6I2O6S2Si2. The standard InChI is InChI=1S/C42H42I2Si2.2CHF3O3S/c1-45(2,3)41-27-15-35(16-28-41)33-11-23-39(24-12-33)43-37-19-7-31(8-20-37)32-9-21-38(22-10-32)44-40-25-13-34(14-26-40)36-17-29-42(30-18-36)46(4,5)6;2*2-1(3,4)8(5,6)7/h7-30H,1-6H3;2*(H,5,6,7)/q+2;;/p-2. The van der Waals surface area contributed by atoms with E-state index >= 15 is 0 Å². The largest absolute Gasteiger partial charge is 0.741 e. The Kier molecular flexibility index (Phi) is 17.1. The Balaban J connectivity index is 0.000000448. The van der Waals surface area contributed by atoms with Crippen molar-refractivity contribution >= 4 is 46.8 Å². The highest BCUT2D eigenvalue weighted by molar-refractivity contribution is 7.86. The first-order chi connectivity index (χ1) is 28.5. The fourth-order valence-corrected chi connectivity index (χ4v) is 12.0. The Morgan fingerprint density at radius 1 is 0.355 bits per heavy atom. The monoisotopic (exact) mass is 1150 g/mol. The molecule has 0 bridgehead atoms. The third-order valence-corrected chi connectivity index (χ3v) is 19.5. The van der Waals surface area contributed by atoms with Crippen LogP contribution >= 0.6 is 0 Å². The summed E-state index contributed by atoms with van der Waals surface area (Å²) in [6.07, 6.45) is 0. The van der Waals surface area contributed by atoms with E-state index in [4.69, 9.17) is 25.9 Å². The lowest BCUT2D eigenvalue weighted by atomic mass is 10.1. The maximum Gasteiger partial charge on any atom is 0.485 e. The molecule has 0 unspecified atom stereocenters. The van der Waals surface area contributed by atoms with E-state index in [9.17, 15) is 26.3 Å². The highest BCUT2D eigenvalue weighted by Crippen LogP contribution is 2.23. The molecule has 0 N–H and O–H groups in total. The molecule has 330 valence electrons. The number of halogens is 8. The van der Waals surface area contributed by atoms with Gasteiger partial charge >= 0.3 is 53.4 Å². The molecule has 0 aliphatic carbocycles. The molecule has 6 nitrogen and oxygen atoms in total. The predicted molar refractivity (Wildman–Crippen MR) is 228 cm³/mol. The van der Waals surface area contributed by atoms with Gasteiger partial charge in [-0.05, 0) is 130 Å². The van der Waals surface area contributed by atoms with Crippen molar-refractivity contribution in [3.8, 4) is 33.4 Å². The molecule has 0 aliphatic rings. The Labute approximate surface area is 381 Å². The molecule has 6 aromatic rings. The lowest BCUT2D eigenvalue weighted by molar-refractivity contribution is -0.597. The van der Waals surface area contributed by atoms with Crippen LogP contribution in [0, 0.1) is 14.3 Å². The zero-order valence-electron chi connectivity index (χ0n) is 34.1. The van der Waals surface area contributed by atoms with Crippen LogP contribution in [0.15, 0.2) is 146 Å². The van der Waals surface area contributed by atoms with Crippen LogP contribution in [-0.4, -0.2) is 53.1 Å². The van der Waals surface area contributed by atoms with Crippen LogP contribution in [0.3, 0.4) is 0 Å². The second-order valence-electron chi connectivity index (χ2n) is 15.7. The predicted octanol–water partition coefficient (Wildman–Crippen LogP) is 4.14. The summed E-state index contributed by atoms with van der Waals surface area (Å²) in [5.41, 5.74) is -3.49. The normalized spacial score (nSPS) is 12.4. The van der Waals surface area contributed by atoms with Crippen LogP contribution in [0.4, 0.5) is 26.3 Å². The van der Waals surface area contributed by atoms with Gasteiger partial charge in [-0.25, -0.2) is 16.8 Å². The first-order valence-electron chi connectivity index (χ1n) is 18.5. The van der Waals surface area contributed by atoms with Gasteiger partial charge in [-0.1, -0.05) is 98.2 Å². The van der Waals surface area contributed by atoms with Crippen molar-refractivity contribution in [1.82, 2.24) is 0 Å². The Bertz CT molecular complexity index is 2430. The summed E-state index contributed by atoms with van der Waals surface area (Å²) in [6, 6.07) is 55.4. The van der Waals surface area contributed by atoms with Crippen LogP contribution in [-0.2, 0) is 20.2 Å². The molecule has 0 spiro atoms. The molecule has 62 heavy (non-hydrogen) atoms. The molecule has 0 saturated heterocycles. The van der Waals surface area contributed by atoms with Crippen molar-refractivity contribution in [2.45, 2.75) is 50.3 Å². The summed E-state index contributed by atoms with van der Waals surface area (Å²) in [6.45, 7) is 14.4. The summed E-state index contributed by atoms with van der Waals surface area (Å²) < 4.78 is 124. The SMILES string of the molecule is C[Si](C)(C)c1ccc(-c2ccc([I+]c3ccc(-c4ccc([I+]c5ccc(-c6ccc([Si](C)(C)C)cc6)cc5)cc4)cc3)cc2)cc1.O=S(=O)([O-])C(F)(F)F.O=S(=O)([O-])C(F)(F)F. The summed E-state index contributed by atoms with van der Waals surface area (Å²) in [4.78, 5) is 0. The summed E-state index contributed by atoms with van der Waals surface area (Å²) in [5.74, 6) is 0. The molecule has 0 fully saturated rings. The molecule has 0 heterocycles. The third kappa shape index (κ3) is 15.4. The minimum Gasteiger partial charge on any atom is -0.741 e. The molecule has 6 aromatic carbocycles. The van der Waals surface area contributed by atoms with Crippen molar-refractivity contribution in [2.24, 2.45) is 0 Å². The molecule has 0 radical (unpaired) electrons. The molecule has 0 aliphatic heterocycles. The quantitative estimate of drug-likeness (QED) is 0.0708. The summed E-state index contributed by atoms with van der Waals surface area (Å²) >= 11 is -0.410. The van der Waals surface area contributed by atoms with Gasteiger partial charge in [-0.3, -0.25) is 0 Å². The molecule has 0 aromatic heterocycles. The van der Waals surface area contributed by atoms with Crippen LogP contribution in [0.25, 0.3) is 33.4 Å². The van der Waals surface area contributed by atoms with E-state index < -0.39 is 47.4 Å². The van der Waals surface area contributed by atoms with Gasteiger partial charge in [0.1, 0.15) is 0 Å². The fourth-order valence-electron chi connectivity index (χ4n) is 5.40.